The molecule has 0 saturated heterocycles. The summed E-state index contributed by atoms with van der Waals surface area (Å²) in [5.41, 5.74) is 7.26. The van der Waals surface area contributed by atoms with E-state index >= 15 is 0 Å². The monoisotopic (exact) mass is 387 g/mol. The van der Waals surface area contributed by atoms with E-state index in [0.717, 1.165) is 22.3 Å². The van der Waals surface area contributed by atoms with Crippen LogP contribution < -0.4 is 10.8 Å². The van der Waals surface area contributed by atoms with Gasteiger partial charge in [-0.2, -0.15) is 5.48 Å². The Kier molecular flexibility index (Phi) is 7.66. The highest BCUT2D eigenvalue weighted by Crippen LogP contribution is 2.23. The van der Waals surface area contributed by atoms with Crippen LogP contribution in [0, 0.1) is 19.7 Å². The largest absolute Gasteiger partial charge is 0.391 e. The highest BCUT2D eigenvalue weighted by atomic mass is 19.1. The van der Waals surface area contributed by atoms with Gasteiger partial charge in [0.05, 0.1) is 12.8 Å². The van der Waals surface area contributed by atoms with E-state index in [1.807, 2.05) is 38.1 Å². The molecule has 0 aliphatic carbocycles. The maximum absolute atomic E-state index is 13.6. The lowest BCUT2D eigenvalue weighted by atomic mass is 9.96. The second-order valence-corrected chi connectivity index (χ2v) is 6.48. The van der Waals surface area contributed by atoms with Crippen LogP contribution in [0.4, 0.5) is 4.39 Å². The molecule has 0 aromatic heterocycles. The number of oxime groups is 1. The fraction of sp³-hybridized carbons (Fsp3) is 0.333. The summed E-state index contributed by atoms with van der Waals surface area (Å²) in [4.78, 5) is 22.8. The summed E-state index contributed by atoms with van der Waals surface area (Å²) >= 11 is 0. The number of hydrogen-bond acceptors (Lipinski definition) is 5. The van der Waals surface area contributed by atoms with Gasteiger partial charge in [-0.15, -0.1) is 0 Å². The Balaban J connectivity index is 2.25. The minimum absolute atomic E-state index is 0.159. The van der Waals surface area contributed by atoms with Gasteiger partial charge in [-0.25, -0.2) is 4.39 Å². The zero-order valence-corrected chi connectivity index (χ0v) is 16.8. The predicted molar refractivity (Wildman–Crippen MR) is 106 cm³/mol. The molecule has 6 nitrogen and oxygen atoms in total. The summed E-state index contributed by atoms with van der Waals surface area (Å²) in [7, 11) is 3.02. The first kappa shape index (κ1) is 21.5. The van der Waals surface area contributed by atoms with Crippen LogP contribution in [-0.4, -0.2) is 25.8 Å². The summed E-state index contributed by atoms with van der Waals surface area (Å²) in [5.74, 6) is -0.548. The minimum Gasteiger partial charge on any atom is -0.391 e. The van der Waals surface area contributed by atoms with Gasteiger partial charge >= 0.3 is 0 Å². The summed E-state index contributed by atoms with van der Waals surface area (Å²) in [6, 6.07) is 9.66. The minimum atomic E-state index is -0.690. The number of amides is 1. The second kappa shape index (κ2) is 9.96. The molecule has 1 unspecified atom stereocenters. The van der Waals surface area contributed by atoms with Crippen LogP contribution in [0.2, 0.25) is 0 Å². The summed E-state index contributed by atoms with van der Waals surface area (Å²) in [5, 5.41) is 6.74. The van der Waals surface area contributed by atoms with E-state index in [1.54, 1.807) is 14.0 Å². The molecule has 0 aliphatic rings. The fourth-order valence-corrected chi connectivity index (χ4v) is 2.90. The molecule has 1 amide bonds. The van der Waals surface area contributed by atoms with Crippen LogP contribution in [0.3, 0.4) is 0 Å². The lowest BCUT2D eigenvalue weighted by Gasteiger charge is -2.20. The average molecular weight is 387 g/mol. The SMILES string of the molecule is CNC(=O)C(NOC)c1cccc(C)c1CO/N=C(\C)c1cc(C)cc(F)c1. The normalized spacial score (nSPS) is 12.6. The maximum Gasteiger partial charge on any atom is 0.243 e. The molecule has 0 aliphatic heterocycles. The Morgan fingerprint density at radius 3 is 2.64 bits per heavy atom. The Morgan fingerprint density at radius 1 is 1.25 bits per heavy atom. The molecule has 0 bridgehead atoms. The van der Waals surface area contributed by atoms with E-state index in [2.05, 4.69) is 16.0 Å². The van der Waals surface area contributed by atoms with Crippen molar-refractivity contribution in [1.82, 2.24) is 10.8 Å². The molecule has 0 spiro atoms. The van der Waals surface area contributed by atoms with Gasteiger partial charge < -0.3 is 15.0 Å². The van der Waals surface area contributed by atoms with Crippen molar-refractivity contribution in [2.24, 2.45) is 5.16 Å². The standard InChI is InChI=1S/C21H26FN3O3/c1-13-9-16(11-17(22)10-13)15(3)24-28-12-19-14(2)7-6-8-18(19)20(25-27-5)21(26)23-4/h6-11,20,25H,12H2,1-5H3,(H,23,26)/b24-15+. The van der Waals surface area contributed by atoms with Crippen molar-refractivity contribution in [2.75, 3.05) is 14.2 Å². The fourth-order valence-electron chi connectivity index (χ4n) is 2.90. The number of carbonyl (C=O) groups is 1. The molecule has 1 atom stereocenters. The van der Waals surface area contributed by atoms with Crippen LogP contribution in [0.25, 0.3) is 0 Å². The van der Waals surface area contributed by atoms with Gasteiger partial charge in [-0.1, -0.05) is 23.4 Å². The van der Waals surface area contributed by atoms with Gasteiger partial charge in [0.15, 0.2) is 0 Å². The number of hydrogen-bond donors (Lipinski definition) is 2. The van der Waals surface area contributed by atoms with Crippen LogP contribution in [0.1, 0.15) is 40.8 Å². The molecule has 0 radical (unpaired) electrons. The molecule has 2 rings (SSSR count). The first-order valence-corrected chi connectivity index (χ1v) is 8.90. The van der Waals surface area contributed by atoms with Crippen LogP contribution in [0.5, 0.6) is 0 Å². The molecule has 28 heavy (non-hydrogen) atoms. The number of likely N-dealkylation sites (N-methyl/N-ethyl adjacent to an activating group) is 1. The smallest absolute Gasteiger partial charge is 0.243 e. The molecule has 150 valence electrons. The van der Waals surface area contributed by atoms with E-state index in [0.29, 0.717) is 11.3 Å². The van der Waals surface area contributed by atoms with Crippen molar-refractivity contribution in [2.45, 2.75) is 33.4 Å². The van der Waals surface area contributed by atoms with Gasteiger partial charge in [-0.05, 0) is 55.7 Å². The van der Waals surface area contributed by atoms with Crippen molar-refractivity contribution in [1.29, 1.82) is 0 Å². The molecule has 0 saturated carbocycles. The summed E-state index contributed by atoms with van der Waals surface area (Å²) < 4.78 is 13.6. The van der Waals surface area contributed by atoms with E-state index in [9.17, 15) is 9.18 Å². The second-order valence-electron chi connectivity index (χ2n) is 6.48. The third-order valence-corrected chi connectivity index (χ3v) is 4.37. The molecule has 0 fully saturated rings. The van der Waals surface area contributed by atoms with E-state index < -0.39 is 6.04 Å². The van der Waals surface area contributed by atoms with Crippen LogP contribution in [-0.2, 0) is 21.1 Å². The van der Waals surface area contributed by atoms with Gasteiger partial charge in [-0.3, -0.25) is 4.79 Å². The van der Waals surface area contributed by atoms with Gasteiger partial charge in [0.2, 0.25) is 5.91 Å². The first-order valence-electron chi connectivity index (χ1n) is 8.90. The van der Waals surface area contributed by atoms with Crippen molar-refractivity contribution >= 4 is 11.6 Å². The van der Waals surface area contributed by atoms with Crippen molar-refractivity contribution in [3.8, 4) is 0 Å². The Labute approximate surface area is 164 Å². The third-order valence-electron chi connectivity index (χ3n) is 4.37. The van der Waals surface area contributed by atoms with E-state index in [-0.39, 0.29) is 18.3 Å². The number of nitrogens with zero attached hydrogens (tertiary/aromatic N) is 1. The molecular weight excluding hydrogens is 361 g/mol. The van der Waals surface area contributed by atoms with E-state index in [1.165, 1.54) is 19.2 Å². The molecule has 0 heterocycles. The lowest BCUT2D eigenvalue weighted by Crippen LogP contribution is -2.36. The molecular formula is C21H26FN3O3. The van der Waals surface area contributed by atoms with Gasteiger partial charge in [0.25, 0.3) is 0 Å². The Bertz CT molecular complexity index is 848. The molecule has 2 aromatic rings. The number of aryl methyl sites for hydroxylation is 2. The Morgan fingerprint density at radius 2 is 2.00 bits per heavy atom. The van der Waals surface area contributed by atoms with Gasteiger partial charge in [0, 0.05) is 18.2 Å². The van der Waals surface area contributed by atoms with Crippen LogP contribution in [0.15, 0.2) is 41.6 Å². The third kappa shape index (κ3) is 5.37. The molecule has 2 N–H and O–H groups in total. The number of carbonyl (C=O) groups excluding carboxylic acids is 1. The number of halogens is 1. The quantitative estimate of drug-likeness (QED) is 0.538. The van der Waals surface area contributed by atoms with Crippen molar-refractivity contribution in [3.63, 3.8) is 0 Å². The maximum atomic E-state index is 13.6. The number of nitrogens with one attached hydrogen (secondary N) is 2. The van der Waals surface area contributed by atoms with Crippen molar-refractivity contribution < 1.29 is 18.9 Å². The van der Waals surface area contributed by atoms with Crippen LogP contribution >= 0.6 is 0 Å². The number of hydroxylamine groups is 1. The average Bonchev–Trinajstić information content (AvgIpc) is 2.66. The Hall–Kier alpha value is -2.77. The highest BCUT2D eigenvalue weighted by molar-refractivity contribution is 5.98. The number of rotatable bonds is 8. The molecule has 7 heteroatoms. The van der Waals surface area contributed by atoms with Gasteiger partial charge in [0.1, 0.15) is 18.5 Å². The topological polar surface area (TPSA) is 72.0 Å². The zero-order chi connectivity index (χ0) is 20.7. The van der Waals surface area contributed by atoms with Crippen molar-refractivity contribution in [3.05, 3.63) is 70.0 Å². The molecule has 2 aromatic carbocycles. The number of benzene rings is 2. The summed E-state index contributed by atoms with van der Waals surface area (Å²) in [6.45, 7) is 5.67. The first-order chi connectivity index (χ1) is 13.4. The summed E-state index contributed by atoms with van der Waals surface area (Å²) in [6.07, 6.45) is 0. The highest BCUT2D eigenvalue weighted by Gasteiger charge is 2.23. The lowest BCUT2D eigenvalue weighted by molar-refractivity contribution is -0.126. The predicted octanol–water partition coefficient (Wildman–Crippen LogP) is 3.32. The van der Waals surface area contributed by atoms with E-state index in [4.69, 9.17) is 9.68 Å². The zero-order valence-electron chi connectivity index (χ0n) is 16.8.